The molecular weight excluding hydrogens is 476 g/mol. The summed E-state index contributed by atoms with van der Waals surface area (Å²) in [7, 11) is 0. The largest absolute Gasteiger partial charge is 0.490 e. The molecule has 2 amide bonds. The minimum atomic E-state index is -0.813. The van der Waals surface area contributed by atoms with E-state index in [-0.39, 0.29) is 24.8 Å². The Bertz CT molecular complexity index is 930. The van der Waals surface area contributed by atoms with Crippen molar-refractivity contribution in [2.45, 2.75) is 46.5 Å². The zero-order chi connectivity index (χ0) is 25.1. The van der Waals surface area contributed by atoms with E-state index >= 15 is 0 Å². The monoisotopic (exact) mass is 508 g/mol. The number of unbranched alkanes of at least 4 members (excludes halogenated alkanes) is 2. The quantitative estimate of drug-likeness (QED) is 0.227. The molecule has 1 aromatic rings. The van der Waals surface area contributed by atoms with Gasteiger partial charge in [0.05, 0.1) is 11.5 Å². The number of likely N-dealkylation sites (N-methyl/N-ethyl adjacent to an activating group) is 1. The number of thiocarbonyl (C=S) groups is 1. The normalized spacial score (nSPS) is 14.6. The number of carboxylic acid groups (broad SMARTS) is 1. The van der Waals surface area contributed by atoms with E-state index in [0.717, 1.165) is 12.0 Å². The summed E-state index contributed by atoms with van der Waals surface area (Å²) in [5.74, 6) is -0.0997. The predicted molar refractivity (Wildman–Crippen MR) is 137 cm³/mol. The number of hydrogen-bond donors (Lipinski definition) is 1. The zero-order valence-electron chi connectivity index (χ0n) is 19.9. The van der Waals surface area contributed by atoms with E-state index in [2.05, 4.69) is 0 Å². The van der Waals surface area contributed by atoms with Crippen molar-refractivity contribution in [1.29, 1.82) is 0 Å². The van der Waals surface area contributed by atoms with Crippen molar-refractivity contribution in [3.05, 3.63) is 28.7 Å². The Labute approximate surface area is 210 Å². The summed E-state index contributed by atoms with van der Waals surface area (Å²) in [6.07, 6.45) is 3.88. The maximum atomic E-state index is 12.8. The molecule has 1 heterocycles. The van der Waals surface area contributed by atoms with Gasteiger partial charge < -0.3 is 19.5 Å². The van der Waals surface area contributed by atoms with E-state index in [1.165, 1.54) is 11.8 Å². The molecule has 0 radical (unpaired) electrons. The average Bonchev–Trinajstić information content (AvgIpc) is 3.06. The first-order valence-corrected chi connectivity index (χ1v) is 12.7. The molecule has 0 atom stereocenters. The Morgan fingerprint density at radius 2 is 1.85 bits per heavy atom. The predicted octanol–water partition coefficient (Wildman–Crippen LogP) is 4.18. The molecule has 2 rings (SSSR count). The number of carboxylic acids is 1. The Balaban J connectivity index is 2.06. The van der Waals surface area contributed by atoms with Crippen LogP contribution in [0.25, 0.3) is 6.08 Å². The smallest absolute Gasteiger partial charge is 0.303 e. The van der Waals surface area contributed by atoms with Gasteiger partial charge >= 0.3 is 5.97 Å². The molecule has 0 aliphatic carbocycles. The van der Waals surface area contributed by atoms with Gasteiger partial charge in [0.1, 0.15) is 4.32 Å². The summed E-state index contributed by atoms with van der Waals surface area (Å²) in [6, 6.07) is 5.31. The van der Waals surface area contributed by atoms with E-state index in [1.807, 2.05) is 20.8 Å². The molecule has 1 aliphatic rings. The number of aliphatic carboxylic acids is 1. The highest BCUT2D eigenvalue weighted by atomic mass is 32.2. The van der Waals surface area contributed by atoms with Crippen LogP contribution in [0.1, 0.15) is 52.0 Å². The maximum Gasteiger partial charge on any atom is 0.303 e. The number of hydrogen-bond acceptors (Lipinski definition) is 7. The van der Waals surface area contributed by atoms with Gasteiger partial charge in [0.15, 0.2) is 18.1 Å². The standard InChI is InChI=1S/C24H32N2O6S2/c1-4-25(5-2)21(27)16-32-18-12-11-17(14-19(18)31-6-3)15-20-23(30)26(24(33)34-20)13-9-7-8-10-22(28)29/h11-12,14-15H,4-10,13,16H2,1-3H3,(H,28,29)/b20-15+. The molecule has 0 unspecified atom stereocenters. The van der Waals surface area contributed by atoms with Gasteiger partial charge in [-0.25, -0.2) is 0 Å². The lowest BCUT2D eigenvalue weighted by Gasteiger charge is -2.19. The van der Waals surface area contributed by atoms with E-state index < -0.39 is 5.97 Å². The summed E-state index contributed by atoms with van der Waals surface area (Å²) < 4.78 is 11.9. The van der Waals surface area contributed by atoms with Crippen LogP contribution in [-0.4, -0.2) is 69.9 Å². The van der Waals surface area contributed by atoms with Crippen molar-refractivity contribution in [2.24, 2.45) is 0 Å². The summed E-state index contributed by atoms with van der Waals surface area (Å²) in [5.41, 5.74) is 0.757. The number of amides is 2. The summed E-state index contributed by atoms with van der Waals surface area (Å²) >= 11 is 6.61. The molecule has 0 aromatic heterocycles. The van der Waals surface area contributed by atoms with Crippen molar-refractivity contribution in [3.8, 4) is 11.5 Å². The second-order valence-electron chi connectivity index (χ2n) is 7.53. The lowest BCUT2D eigenvalue weighted by molar-refractivity contribution is -0.137. The van der Waals surface area contributed by atoms with Crippen molar-refractivity contribution >= 4 is 52.2 Å². The highest BCUT2D eigenvalue weighted by Crippen LogP contribution is 2.35. The second-order valence-corrected chi connectivity index (χ2v) is 9.21. The third-order valence-corrected chi connectivity index (χ3v) is 6.56. The van der Waals surface area contributed by atoms with Gasteiger partial charge in [-0.05, 0) is 57.4 Å². The highest BCUT2D eigenvalue weighted by Gasteiger charge is 2.31. The maximum absolute atomic E-state index is 12.8. The molecule has 34 heavy (non-hydrogen) atoms. The molecule has 1 aromatic carbocycles. The minimum absolute atomic E-state index is 0.0772. The van der Waals surface area contributed by atoms with E-state index in [1.54, 1.807) is 34.1 Å². The summed E-state index contributed by atoms with van der Waals surface area (Å²) in [5, 5.41) is 8.72. The Hall–Kier alpha value is -2.59. The fourth-order valence-electron chi connectivity index (χ4n) is 3.38. The van der Waals surface area contributed by atoms with Crippen LogP contribution in [0.15, 0.2) is 23.1 Å². The lowest BCUT2D eigenvalue weighted by Crippen LogP contribution is -2.34. The Morgan fingerprint density at radius 1 is 1.12 bits per heavy atom. The molecule has 1 aliphatic heterocycles. The second kappa shape index (κ2) is 14.0. The fourth-order valence-corrected chi connectivity index (χ4v) is 4.68. The first-order chi connectivity index (χ1) is 16.3. The molecule has 186 valence electrons. The van der Waals surface area contributed by atoms with Crippen molar-refractivity contribution in [2.75, 3.05) is 32.8 Å². The first-order valence-electron chi connectivity index (χ1n) is 11.4. The molecule has 10 heteroatoms. The van der Waals surface area contributed by atoms with Gasteiger partial charge in [-0.2, -0.15) is 0 Å². The number of carbonyl (C=O) groups is 3. The van der Waals surface area contributed by atoms with Crippen LogP contribution in [0.4, 0.5) is 0 Å². The fraction of sp³-hybridized carbons (Fsp3) is 0.500. The molecule has 0 bridgehead atoms. The van der Waals surface area contributed by atoms with Crippen LogP contribution in [0.5, 0.6) is 11.5 Å². The van der Waals surface area contributed by atoms with Crippen LogP contribution in [0, 0.1) is 0 Å². The number of ether oxygens (including phenoxy) is 2. The lowest BCUT2D eigenvalue weighted by atomic mass is 10.1. The Kier molecular flexibility index (Phi) is 11.4. The number of rotatable bonds is 14. The van der Waals surface area contributed by atoms with Crippen LogP contribution in [0.3, 0.4) is 0 Å². The van der Waals surface area contributed by atoms with Crippen LogP contribution in [0.2, 0.25) is 0 Å². The van der Waals surface area contributed by atoms with E-state index in [0.29, 0.717) is 59.8 Å². The number of thioether (sulfide) groups is 1. The van der Waals surface area contributed by atoms with Crippen LogP contribution in [-0.2, 0) is 14.4 Å². The van der Waals surface area contributed by atoms with Gasteiger partial charge in [0.2, 0.25) is 0 Å². The number of nitrogens with zero attached hydrogens (tertiary/aromatic N) is 2. The van der Waals surface area contributed by atoms with Gasteiger partial charge in [0, 0.05) is 26.1 Å². The number of benzene rings is 1. The molecule has 1 N–H and O–H groups in total. The minimum Gasteiger partial charge on any atom is -0.490 e. The topological polar surface area (TPSA) is 96.4 Å². The van der Waals surface area contributed by atoms with Gasteiger partial charge in [-0.1, -0.05) is 36.5 Å². The molecule has 8 nitrogen and oxygen atoms in total. The third kappa shape index (κ3) is 8.02. The third-order valence-electron chi connectivity index (χ3n) is 5.18. The van der Waals surface area contributed by atoms with Gasteiger partial charge in [0.25, 0.3) is 11.8 Å². The van der Waals surface area contributed by atoms with Gasteiger partial charge in [-0.3, -0.25) is 19.3 Å². The summed E-state index contributed by atoms with van der Waals surface area (Å²) in [6.45, 7) is 7.76. The summed E-state index contributed by atoms with van der Waals surface area (Å²) in [4.78, 5) is 39.5. The van der Waals surface area contributed by atoms with Crippen molar-refractivity contribution < 1.29 is 29.0 Å². The molecule has 0 spiro atoms. The first kappa shape index (κ1) is 27.7. The zero-order valence-corrected chi connectivity index (χ0v) is 21.5. The molecule has 1 fully saturated rings. The van der Waals surface area contributed by atoms with E-state index in [9.17, 15) is 14.4 Å². The average molecular weight is 509 g/mol. The molecule has 1 saturated heterocycles. The molecular formula is C24H32N2O6S2. The number of carbonyl (C=O) groups excluding carboxylic acids is 2. The van der Waals surface area contributed by atoms with Crippen molar-refractivity contribution in [1.82, 2.24) is 9.80 Å². The van der Waals surface area contributed by atoms with E-state index in [4.69, 9.17) is 26.8 Å². The highest BCUT2D eigenvalue weighted by molar-refractivity contribution is 8.26. The Morgan fingerprint density at radius 3 is 2.50 bits per heavy atom. The molecule has 0 saturated carbocycles. The SMILES string of the molecule is CCOc1cc(/C=C2/SC(=S)N(CCCCCC(=O)O)C2=O)ccc1OCC(=O)N(CC)CC. The van der Waals surface area contributed by atoms with Gasteiger partial charge in [-0.15, -0.1) is 0 Å². The van der Waals surface area contributed by atoms with Crippen LogP contribution >= 0.6 is 24.0 Å². The van der Waals surface area contributed by atoms with Crippen molar-refractivity contribution in [3.63, 3.8) is 0 Å². The van der Waals surface area contributed by atoms with Crippen LogP contribution < -0.4 is 9.47 Å².